The monoisotopic (exact) mass is 696 g/mol. The second kappa shape index (κ2) is 14.0. The Labute approximate surface area is 299 Å². The maximum Gasteiger partial charge on any atom is 0.407 e. The summed E-state index contributed by atoms with van der Waals surface area (Å²) in [5, 5.41) is 13.5. The van der Waals surface area contributed by atoms with Gasteiger partial charge in [-0.25, -0.2) is 14.8 Å². The number of carbonyl (C=O) groups is 1. The van der Waals surface area contributed by atoms with Crippen molar-refractivity contribution in [2.45, 2.75) is 45.9 Å². The van der Waals surface area contributed by atoms with E-state index in [9.17, 15) is 10.1 Å². The minimum absolute atomic E-state index is 0.161. The summed E-state index contributed by atoms with van der Waals surface area (Å²) in [4.78, 5) is 32.3. The van der Waals surface area contributed by atoms with Gasteiger partial charge in [0.15, 0.2) is 0 Å². The quantitative estimate of drug-likeness (QED) is 0.141. The van der Waals surface area contributed by atoms with Gasteiger partial charge in [-0.15, -0.1) is 11.3 Å². The van der Waals surface area contributed by atoms with Gasteiger partial charge in [0.1, 0.15) is 30.0 Å². The molecule has 0 aliphatic carbocycles. The van der Waals surface area contributed by atoms with Gasteiger partial charge >= 0.3 is 6.09 Å². The van der Waals surface area contributed by atoms with Crippen molar-refractivity contribution in [3.8, 4) is 11.9 Å². The average molecular weight is 697 g/mol. The van der Waals surface area contributed by atoms with Gasteiger partial charge in [0.2, 0.25) is 11.8 Å². The van der Waals surface area contributed by atoms with Crippen LogP contribution in [0.5, 0.6) is 5.88 Å². The summed E-state index contributed by atoms with van der Waals surface area (Å²) in [6, 6.07) is 24.2. The number of hydrogen-bond donors (Lipinski definition) is 2. The van der Waals surface area contributed by atoms with Crippen LogP contribution in [0.25, 0.3) is 27.4 Å². The second-order valence-electron chi connectivity index (χ2n) is 12.9. The van der Waals surface area contributed by atoms with E-state index in [-0.39, 0.29) is 18.1 Å². The lowest BCUT2D eigenvalue weighted by Gasteiger charge is -2.43. The molecule has 2 aliphatic heterocycles. The van der Waals surface area contributed by atoms with E-state index in [1.165, 1.54) is 11.3 Å². The van der Waals surface area contributed by atoms with Crippen LogP contribution in [0.1, 0.15) is 53.7 Å². The Morgan fingerprint density at radius 1 is 1.10 bits per heavy atom. The van der Waals surface area contributed by atoms with Crippen molar-refractivity contribution in [2.75, 3.05) is 23.8 Å². The second-order valence-corrected chi connectivity index (χ2v) is 13.9. The first-order valence-electron chi connectivity index (χ1n) is 16.6. The number of aromatic nitrogens is 3. The number of para-hydroxylation sites is 1. The standard InChI is InChI=1S/C39H36N8O3S/c1-24-20-39(2,3)47(32-13-12-27(19-29(24)32)18-28(21-40)36-44-30-6-4-5-7-33(30)51-36)16-17-49-38(48)43-22-25-8-10-26(11-9-25)23-50-35-34-31(14-15-42-34)45-37(41)46-35/h4-13,15,18-20H,14,16-17,22-23H2,1-3H3,(H,43,48)(H2,41,45,46)/b28-18+. The zero-order chi connectivity index (χ0) is 35.5. The summed E-state index contributed by atoms with van der Waals surface area (Å²) in [6.07, 6.45) is 6.00. The summed E-state index contributed by atoms with van der Waals surface area (Å²) >= 11 is 1.51. The molecule has 11 nitrogen and oxygen atoms in total. The SMILES string of the molecule is CC1=CC(C)(C)N(CCOC(=O)NCc2ccc(COc3nc(N)nc4c3N=CC4)cc2)c2ccc(/C=C(\C#N)c3nc4ccccc4s3)cc21. The lowest BCUT2D eigenvalue weighted by Crippen LogP contribution is -2.47. The van der Waals surface area contributed by atoms with Crippen LogP contribution in [0.15, 0.2) is 77.8 Å². The number of rotatable bonds is 10. The van der Waals surface area contributed by atoms with Gasteiger partial charge in [0.05, 0.1) is 33.6 Å². The van der Waals surface area contributed by atoms with Crippen LogP contribution in [-0.4, -0.2) is 46.0 Å². The first kappa shape index (κ1) is 33.4. The minimum atomic E-state index is -0.487. The largest absolute Gasteiger partial charge is 0.471 e. The molecule has 4 heterocycles. The molecule has 2 aliphatic rings. The van der Waals surface area contributed by atoms with Crippen molar-refractivity contribution in [2.24, 2.45) is 4.99 Å². The van der Waals surface area contributed by atoms with Gasteiger partial charge in [0, 0.05) is 30.4 Å². The van der Waals surface area contributed by atoms with Crippen LogP contribution in [0.4, 0.5) is 22.1 Å². The minimum Gasteiger partial charge on any atom is -0.471 e. The van der Waals surface area contributed by atoms with E-state index in [2.05, 4.69) is 75.2 Å². The van der Waals surface area contributed by atoms with Gasteiger partial charge in [0.25, 0.3) is 0 Å². The summed E-state index contributed by atoms with van der Waals surface area (Å²) in [5.41, 5.74) is 14.3. The molecule has 0 fully saturated rings. The third-order valence-corrected chi connectivity index (χ3v) is 9.86. The highest BCUT2D eigenvalue weighted by molar-refractivity contribution is 7.19. The normalized spacial score (nSPS) is 14.4. The number of carbonyl (C=O) groups excluding carboxylic acids is 1. The number of nitrogens with zero attached hydrogens (tertiary/aromatic N) is 6. The van der Waals surface area contributed by atoms with Crippen LogP contribution in [0.3, 0.4) is 0 Å². The highest BCUT2D eigenvalue weighted by Crippen LogP contribution is 2.40. The molecular formula is C39H36N8O3S. The predicted octanol–water partition coefficient (Wildman–Crippen LogP) is 7.50. The average Bonchev–Trinajstić information content (AvgIpc) is 3.78. The Kier molecular flexibility index (Phi) is 9.21. The van der Waals surface area contributed by atoms with E-state index in [0.717, 1.165) is 49.4 Å². The molecule has 12 heteroatoms. The number of anilines is 2. The zero-order valence-electron chi connectivity index (χ0n) is 28.5. The molecule has 0 atom stereocenters. The fraction of sp³-hybridized carbons (Fsp3) is 0.231. The third-order valence-electron chi connectivity index (χ3n) is 8.79. The Morgan fingerprint density at radius 2 is 1.90 bits per heavy atom. The smallest absolute Gasteiger partial charge is 0.407 e. The molecule has 51 heavy (non-hydrogen) atoms. The number of alkyl carbamates (subject to hydrolysis) is 1. The number of aliphatic imine (C=N–C) groups is 1. The van der Waals surface area contributed by atoms with E-state index in [1.807, 2.05) is 60.7 Å². The van der Waals surface area contributed by atoms with Gasteiger partial charge in [-0.2, -0.15) is 10.2 Å². The van der Waals surface area contributed by atoms with Crippen LogP contribution >= 0.6 is 11.3 Å². The number of ether oxygens (including phenoxy) is 2. The summed E-state index contributed by atoms with van der Waals surface area (Å²) < 4.78 is 12.5. The van der Waals surface area contributed by atoms with Gasteiger partial charge in [-0.05, 0) is 73.4 Å². The Morgan fingerprint density at radius 3 is 2.71 bits per heavy atom. The topological polar surface area (TPSA) is 152 Å². The summed E-state index contributed by atoms with van der Waals surface area (Å²) in [7, 11) is 0. The molecule has 3 aromatic carbocycles. The Hall–Kier alpha value is -6.06. The van der Waals surface area contributed by atoms with Gasteiger partial charge in [-0.3, -0.25) is 4.99 Å². The number of nitrogen functional groups attached to an aromatic ring is 1. The number of amides is 1. The van der Waals surface area contributed by atoms with E-state index in [1.54, 1.807) is 6.21 Å². The molecular weight excluding hydrogens is 661 g/mol. The van der Waals surface area contributed by atoms with Gasteiger partial charge in [-0.1, -0.05) is 48.5 Å². The van der Waals surface area contributed by atoms with Crippen LogP contribution < -0.4 is 20.7 Å². The number of hydrogen-bond acceptors (Lipinski definition) is 11. The fourth-order valence-corrected chi connectivity index (χ4v) is 7.28. The van der Waals surface area contributed by atoms with Crippen LogP contribution in [0.2, 0.25) is 0 Å². The molecule has 0 saturated heterocycles. The van der Waals surface area contributed by atoms with E-state index in [4.69, 9.17) is 15.2 Å². The maximum atomic E-state index is 12.7. The van der Waals surface area contributed by atoms with Crippen molar-refractivity contribution in [3.63, 3.8) is 0 Å². The third kappa shape index (κ3) is 7.29. The zero-order valence-corrected chi connectivity index (χ0v) is 29.3. The molecule has 1 amide bonds. The number of nitrogens with two attached hydrogens (primary N) is 1. The lowest BCUT2D eigenvalue weighted by atomic mass is 9.88. The predicted molar refractivity (Wildman–Crippen MR) is 202 cm³/mol. The van der Waals surface area contributed by atoms with Crippen molar-refractivity contribution in [1.29, 1.82) is 5.26 Å². The van der Waals surface area contributed by atoms with Crippen molar-refractivity contribution in [1.82, 2.24) is 20.3 Å². The molecule has 0 saturated carbocycles. The van der Waals surface area contributed by atoms with Crippen molar-refractivity contribution in [3.05, 3.63) is 106 Å². The van der Waals surface area contributed by atoms with Crippen molar-refractivity contribution < 1.29 is 14.3 Å². The molecule has 7 rings (SSSR count). The van der Waals surface area contributed by atoms with E-state index in [0.29, 0.717) is 48.3 Å². The van der Waals surface area contributed by atoms with Gasteiger partial charge < -0.3 is 25.4 Å². The highest BCUT2D eigenvalue weighted by Gasteiger charge is 2.31. The molecule has 2 aromatic heterocycles. The molecule has 5 aromatic rings. The fourth-order valence-electron chi connectivity index (χ4n) is 6.35. The number of allylic oxidation sites excluding steroid dienone is 2. The summed E-state index contributed by atoms with van der Waals surface area (Å²) in [5.74, 6) is 0.532. The molecule has 0 bridgehead atoms. The number of fused-ring (bicyclic) bond motifs is 3. The molecule has 0 spiro atoms. The van der Waals surface area contributed by atoms with Crippen LogP contribution in [0, 0.1) is 11.3 Å². The molecule has 3 N–H and O–H groups in total. The Bertz CT molecular complexity index is 2230. The number of nitriles is 1. The molecule has 0 unspecified atom stereocenters. The van der Waals surface area contributed by atoms with Crippen molar-refractivity contribution >= 4 is 68.4 Å². The Balaban J connectivity index is 0.938. The van der Waals surface area contributed by atoms with E-state index >= 15 is 0 Å². The number of nitrogens with one attached hydrogen (secondary N) is 1. The maximum absolute atomic E-state index is 12.7. The lowest BCUT2D eigenvalue weighted by molar-refractivity contribution is 0.147. The summed E-state index contributed by atoms with van der Waals surface area (Å²) in [6.45, 7) is 7.71. The first-order valence-corrected chi connectivity index (χ1v) is 17.4. The first-order chi connectivity index (χ1) is 24.7. The molecule has 0 radical (unpaired) electrons. The number of thiazole rings is 1. The molecule has 256 valence electrons. The van der Waals surface area contributed by atoms with E-state index < -0.39 is 6.09 Å². The number of benzene rings is 3. The van der Waals surface area contributed by atoms with Crippen LogP contribution in [-0.2, 0) is 24.3 Å². The highest BCUT2D eigenvalue weighted by atomic mass is 32.1.